The molecule has 0 saturated heterocycles. The van der Waals surface area contributed by atoms with Gasteiger partial charge in [0.15, 0.2) is 5.13 Å². The lowest BCUT2D eigenvalue weighted by Crippen LogP contribution is -2.09. The van der Waals surface area contributed by atoms with Gasteiger partial charge in [-0.15, -0.1) is 11.3 Å². The number of aryl methyl sites for hydroxylation is 1. The van der Waals surface area contributed by atoms with Crippen LogP contribution in [0.1, 0.15) is 10.4 Å². The van der Waals surface area contributed by atoms with Gasteiger partial charge in [-0.3, -0.25) is 9.55 Å². The highest BCUT2D eigenvalue weighted by Gasteiger charge is 2.35. The minimum absolute atomic E-state index is 0.0703. The van der Waals surface area contributed by atoms with Crippen LogP contribution in [-0.4, -0.2) is 19.5 Å². The Morgan fingerprint density at radius 3 is 2.60 bits per heavy atom. The first-order valence-corrected chi connectivity index (χ1v) is 8.18. The largest absolute Gasteiger partial charge is 0.417 e. The summed E-state index contributed by atoms with van der Waals surface area (Å²) in [4.78, 5) is 13.6. The predicted molar refractivity (Wildman–Crippen MR) is 89.7 cm³/mol. The molecule has 0 amide bonds. The van der Waals surface area contributed by atoms with Crippen LogP contribution in [0.4, 0.5) is 13.2 Å². The number of hydrogen-bond acceptors (Lipinski definition) is 4. The third kappa shape index (κ3) is 2.68. The summed E-state index contributed by atoms with van der Waals surface area (Å²) in [6.07, 6.45) is -0.486. The molecular formula is C17H11F3N4S. The van der Waals surface area contributed by atoms with Crippen LogP contribution in [0.3, 0.4) is 0 Å². The third-order valence-corrected chi connectivity index (χ3v) is 4.63. The second-order valence-electron chi connectivity index (χ2n) is 5.43. The molecule has 3 aromatic heterocycles. The van der Waals surface area contributed by atoms with Crippen molar-refractivity contribution in [3.8, 4) is 16.5 Å². The average molecular weight is 360 g/mol. The molecule has 0 fully saturated rings. The van der Waals surface area contributed by atoms with Crippen molar-refractivity contribution in [2.45, 2.75) is 13.1 Å². The fraction of sp³-hybridized carbons (Fsp3) is 0.118. The highest BCUT2D eigenvalue weighted by atomic mass is 32.1. The maximum atomic E-state index is 13.4. The molecule has 25 heavy (non-hydrogen) atoms. The maximum Gasteiger partial charge on any atom is 0.417 e. The first-order valence-electron chi connectivity index (χ1n) is 7.37. The zero-order chi connectivity index (χ0) is 17.6. The highest BCUT2D eigenvalue weighted by molar-refractivity contribution is 7.14. The molecule has 0 radical (unpaired) electrons. The lowest BCUT2D eigenvalue weighted by Gasteiger charge is -2.12. The molecule has 4 rings (SSSR count). The molecule has 0 saturated carbocycles. The molecule has 8 heteroatoms. The van der Waals surface area contributed by atoms with Crippen molar-refractivity contribution < 1.29 is 13.2 Å². The Morgan fingerprint density at radius 2 is 1.88 bits per heavy atom. The lowest BCUT2D eigenvalue weighted by molar-refractivity contribution is -0.137. The van der Waals surface area contributed by atoms with Crippen LogP contribution >= 0.6 is 11.3 Å². The van der Waals surface area contributed by atoms with E-state index in [1.54, 1.807) is 22.9 Å². The summed E-state index contributed by atoms with van der Waals surface area (Å²) < 4.78 is 42.0. The standard InChI is InChI=1S/C17H11F3N4S/c1-10-8-22-16(25-10)24-14-5-3-2-4-13(14)23-15(24)11-9-21-7-6-12(11)17(18,19)20/h2-9H,1H3. The molecule has 4 aromatic rings. The number of halogens is 3. The van der Waals surface area contributed by atoms with Gasteiger partial charge < -0.3 is 0 Å². The molecule has 0 aliphatic carbocycles. The number of fused-ring (bicyclic) bond motifs is 1. The van der Waals surface area contributed by atoms with Crippen molar-refractivity contribution in [1.29, 1.82) is 0 Å². The zero-order valence-corrected chi connectivity index (χ0v) is 13.8. The van der Waals surface area contributed by atoms with Crippen molar-refractivity contribution in [1.82, 2.24) is 19.5 Å². The van der Waals surface area contributed by atoms with E-state index in [-0.39, 0.29) is 11.4 Å². The van der Waals surface area contributed by atoms with E-state index in [0.29, 0.717) is 16.2 Å². The van der Waals surface area contributed by atoms with Gasteiger partial charge in [-0.2, -0.15) is 13.2 Å². The molecule has 0 unspecified atom stereocenters. The van der Waals surface area contributed by atoms with Crippen molar-refractivity contribution in [3.63, 3.8) is 0 Å². The number of thiazole rings is 1. The van der Waals surface area contributed by atoms with Gasteiger partial charge in [0.25, 0.3) is 0 Å². The van der Waals surface area contributed by atoms with Gasteiger partial charge in [0, 0.05) is 29.0 Å². The molecule has 0 aliphatic rings. The minimum Gasteiger partial charge on any atom is -0.268 e. The van der Waals surface area contributed by atoms with Gasteiger partial charge in [0.2, 0.25) is 0 Å². The first-order chi connectivity index (χ1) is 11.9. The topological polar surface area (TPSA) is 43.6 Å². The van der Waals surface area contributed by atoms with Crippen molar-refractivity contribution in [3.05, 3.63) is 59.4 Å². The van der Waals surface area contributed by atoms with Crippen molar-refractivity contribution >= 4 is 22.4 Å². The van der Waals surface area contributed by atoms with Crippen LogP contribution in [0.5, 0.6) is 0 Å². The third-order valence-electron chi connectivity index (χ3n) is 3.73. The molecule has 0 aliphatic heterocycles. The van der Waals surface area contributed by atoms with Crippen LogP contribution < -0.4 is 0 Å². The highest BCUT2D eigenvalue weighted by Crippen LogP contribution is 2.38. The normalized spacial score (nSPS) is 12.0. The Kier molecular flexibility index (Phi) is 3.57. The monoisotopic (exact) mass is 360 g/mol. The van der Waals surface area contributed by atoms with Crippen LogP contribution in [0.15, 0.2) is 48.9 Å². The van der Waals surface area contributed by atoms with E-state index in [2.05, 4.69) is 15.0 Å². The van der Waals surface area contributed by atoms with Gasteiger partial charge >= 0.3 is 6.18 Å². The zero-order valence-electron chi connectivity index (χ0n) is 12.9. The quantitative estimate of drug-likeness (QED) is 0.512. The average Bonchev–Trinajstić information content (AvgIpc) is 3.17. The Morgan fingerprint density at radius 1 is 1.08 bits per heavy atom. The number of aromatic nitrogens is 4. The Bertz CT molecular complexity index is 1070. The Labute approximate surface area is 144 Å². The molecule has 126 valence electrons. The molecule has 0 atom stereocenters. The van der Waals surface area contributed by atoms with E-state index in [1.807, 2.05) is 19.1 Å². The fourth-order valence-corrected chi connectivity index (χ4v) is 3.44. The van der Waals surface area contributed by atoms with Crippen molar-refractivity contribution in [2.75, 3.05) is 0 Å². The summed E-state index contributed by atoms with van der Waals surface area (Å²) in [6.45, 7) is 1.89. The van der Waals surface area contributed by atoms with Crippen LogP contribution in [0.25, 0.3) is 27.6 Å². The molecule has 0 spiro atoms. The number of imidazole rings is 1. The van der Waals surface area contributed by atoms with Gasteiger partial charge in [-0.25, -0.2) is 9.97 Å². The second kappa shape index (κ2) is 5.66. The number of benzene rings is 1. The van der Waals surface area contributed by atoms with Gasteiger partial charge in [0.05, 0.1) is 16.6 Å². The summed E-state index contributed by atoms with van der Waals surface area (Å²) in [6, 6.07) is 8.15. The summed E-state index contributed by atoms with van der Waals surface area (Å²) in [7, 11) is 0. The summed E-state index contributed by atoms with van der Waals surface area (Å²) in [5.41, 5.74) is 0.456. The minimum atomic E-state index is -4.50. The van der Waals surface area contributed by atoms with E-state index in [1.165, 1.54) is 17.5 Å². The SMILES string of the molecule is Cc1cnc(-n2c(-c3cnccc3C(F)(F)F)nc3ccccc32)s1. The second-order valence-corrected chi connectivity index (χ2v) is 6.65. The summed E-state index contributed by atoms with van der Waals surface area (Å²) >= 11 is 1.39. The van der Waals surface area contributed by atoms with E-state index >= 15 is 0 Å². The van der Waals surface area contributed by atoms with E-state index in [9.17, 15) is 13.2 Å². The number of alkyl halides is 3. The number of rotatable bonds is 2. The maximum absolute atomic E-state index is 13.4. The lowest BCUT2D eigenvalue weighted by atomic mass is 10.1. The Balaban J connectivity index is 2.07. The van der Waals surface area contributed by atoms with E-state index in [4.69, 9.17) is 0 Å². The number of nitrogens with zero attached hydrogens (tertiary/aromatic N) is 4. The van der Waals surface area contributed by atoms with Crippen LogP contribution in [0.2, 0.25) is 0 Å². The van der Waals surface area contributed by atoms with Gasteiger partial charge in [-0.1, -0.05) is 12.1 Å². The van der Waals surface area contributed by atoms with Crippen LogP contribution in [0, 0.1) is 6.92 Å². The van der Waals surface area contributed by atoms with Gasteiger partial charge in [-0.05, 0) is 25.1 Å². The number of pyridine rings is 1. The van der Waals surface area contributed by atoms with Crippen LogP contribution in [-0.2, 0) is 6.18 Å². The molecular weight excluding hydrogens is 349 g/mol. The molecule has 0 bridgehead atoms. The molecule has 4 nitrogen and oxygen atoms in total. The van der Waals surface area contributed by atoms with Gasteiger partial charge in [0.1, 0.15) is 5.82 Å². The predicted octanol–water partition coefficient (Wildman–Crippen LogP) is 4.87. The molecule has 0 N–H and O–H groups in total. The van der Waals surface area contributed by atoms with Crippen molar-refractivity contribution in [2.24, 2.45) is 0 Å². The van der Waals surface area contributed by atoms with E-state index in [0.717, 1.165) is 17.1 Å². The summed E-state index contributed by atoms with van der Waals surface area (Å²) in [5, 5.41) is 0.568. The molecule has 3 heterocycles. The molecule has 1 aromatic carbocycles. The fourth-order valence-electron chi connectivity index (χ4n) is 2.67. The summed E-state index contributed by atoms with van der Waals surface area (Å²) in [5.74, 6) is 0.177. The number of hydrogen-bond donors (Lipinski definition) is 0. The Hall–Kier alpha value is -2.74. The van der Waals surface area contributed by atoms with E-state index < -0.39 is 11.7 Å². The first kappa shape index (κ1) is 15.8. The smallest absolute Gasteiger partial charge is 0.268 e. The number of para-hydroxylation sites is 2.